The van der Waals surface area contributed by atoms with Crippen molar-refractivity contribution in [3.05, 3.63) is 28.2 Å². The van der Waals surface area contributed by atoms with Crippen LogP contribution in [0.2, 0.25) is 0 Å². The first kappa shape index (κ1) is 17.3. The number of carbonyl (C=O) groups excluding carboxylic acids is 1. The van der Waals surface area contributed by atoms with Crippen molar-refractivity contribution in [2.75, 3.05) is 13.2 Å². The Bertz CT molecular complexity index is 532. The standard InChI is InChI=1S/C16H25NO4/c1-6-20-16(19)13-7-8-17(9-11(2)3)15(18)14(13)21-10-12(4)5/h7-8,11-12H,6,9-10H2,1-5H3. The third kappa shape index (κ3) is 4.92. The van der Waals surface area contributed by atoms with Gasteiger partial charge in [0.05, 0.1) is 13.2 Å². The molecule has 0 aliphatic rings. The van der Waals surface area contributed by atoms with Gasteiger partial charge >= 0.3 is 5.97 Å². The lowest BCUT2D eigenvalue weighted by Crippen LogP contribution is -2.27. The van der Waals surface area contributed by atoms with Crippen LogP contribution >= 0.6 is 0 Å². The van der Waals surface area contributed by atoms with Crippen molar-refractivity contribution < 1.29 is 14.3 Å². The SMILES string of the molecule is CCOC(=O)c1ccn(CC(C)C)c(=O)c1OCC(C)C. The van der Waals surface area contributed by atoms with E-state index in [2.05, 4.69) is 0 Å². The van der Waals surface area contributed by atoms with Crippen LogP contribution in [0.1, 0.15) is 45.0 Å². The summed E-state index contributed by atoms with van der Waals surface area (Å²) in [4.78, 5) is 24.4. The number of rotatable bonds is 7. The molecule has 0 atom stereocenters. The number of pyridine rings is 1. The molecule has 0 aliphatic heterocycles. The van der Waals surface area contributed by atoms with Crippen molar-refractivity contribution in [3.63, 3.8) is 0 Å². The van der Waals surface area contributed by atoms with Crippen molar-refractivity contribution in [2.24, 2.45) is 11.8 Å². The molecule has 5 nitrogen and oxygen atoms in total. The van der Waals surface area contributed by atoms with Crippen LogP contribution in [0.4, 0.5) is 0 Å². The molecule has 0 aliphatic carbocycles. The van der Waals surface area contributed by atoms with E-state index >= 15 is 0 Å². The van der Waals surface area contributed by atoms with E-state index in [9.17, 15) is 9.59 Å². The second-order valence-corrected chi connectivity index (χ2v) is 5.84. The van der Waals surface area contributed by atoms with Gasteiger partial charge in [0.15, 0.2) is 5.75 Å². The highest BCUT2D eigenvalue weighted by atomic mass is 16.5. The number of hydrogen-bond donors (Lipinski definition) is 0. The van der Waals surface area contributed by atoms with E-state index in [1.807, 2.05) is 27.7 Å². The zero-order valence-corrected chi connectivity index (χ0v) is 13.5. The fourth-order valence-electron chi connectivity index (χ4n) is 1.85. The molecule has 21 heavy (non-hydrogen) atoms. The third-order valence-electron chi connectivity index (χ3n) is 2.74. The summed E-state index contributed by atoms with van der Waals surface area (Å²) >= 11 is 0. The Morgan fingerprint density at radius 3 is 2.43 bits per heavy atom. The molecule has 0 fully saturated rings. The summed E-state index contributed by atoms with van der Waals surface area (Å²) in [5.41, 5.74) is -0.0857. The summed E-state index contributed by atoms with van der Waals surface area (Å²) in [5, 5.41) is 0. The average Bonchev–Trinajstić information content (AvgIpc) is 2.39. The molecule has 0 N–H and O–H groups in total. The lowest BCUT2D eigenvalue weighted by molar-refractivity contribution is 0.0520. The molecule has 0 spiro atoms. The van der Waals surface area contributed by atoms with Crippen LogP contribution in [0.5, 0.6) is 5.75 Å². The van der Waals surface area contributed by atoms with Gasteiger partial charge in [-0.1, -0.05) is 27.7 Å². The quantitative estimate of drug-likeness (QED) is 0.726. The maximum atomic E-state index is 12.5. The monoisotopic (exact) mass is 295 g/mol. The van der Waals surface area contributed by atoms with Gasteiger partial charge in [0.1, 0.15) is 5.56 Å². The number of nitrogens with zero attached hydrogens (tertiary/aromatic N) is 1. The van der Waals surface area contributed by atoms with E-state index < -0.39 is 5.97 Å². The molecule has 0 amide bonds. The topological polar surface area (TPSA) is 57.5 Å². The zero-order chi connectivity index (χ0) is 16.0. The fraction of sp³-hybridized carbons (Fsp3) is 0.625. The van der Waals surface area contributed by atoms with Crippen LogP contribution < -0.4 is 10.3 Å². The number of ether oxygens (including phenoxy) is 2. The van der Waals surface area contributed by atoms with Crippen molar-refractivity contribution in [1.82, 2.24) is 4.57 Å². The number of esters is 1. The van der Waals surface area contributed by atoms with Gasteiger partial charge in [0, 0.05) is 12.7 Å². The van der Waals surface area contributed by atoms with Gasteiger partial charge < -0.3 is 14.0 Å². The molecule has 1 aromatic rings. The van der Waals surface area contributed by atoms with Crippen LogP contribution in [0.15, 0.2) is 17.1 Å². The van der Waals surface area contributed by atoms with Gasteiger partial charge in [-0.25, -0.2) is 4.79 Å². The second kappa shape index (κ2) is 7.86. The van der Waals surface area contributed by atoms with Crippen LogP contribution in [-0.2, 0) is 11.3 Å². The molecular formula is C16H25NO4. The molecule has 0 bridgehead atoms. The highest BCUT2D eigenvalue weighted by Crippen LogP contribution is 2.16. The van der Waals surface area contributed by atoms with E-state index in [0.29, 0.717) is 19.1 Å². The highest BCUT2D eigenvalue weighted by molar-refractivity contribution is 5.92. The van der Waals surface area contributed by atoms with E-state index in [1.54, 1.807) is 23.8 Å². The van der Waals surface area contributed by atoms with E-state index in [4.69, 9.17) is 9.47 Å². The average molecular weight is 295 g/mol. The van der Waals surface area contributed by atoms with Crippen LogP contribution in [0, 0.1) is 11.8 Å². The molecule has 1 heterocycles. The maximum Gasteiger partial charge on any atom is 0.342 e. The van der Waals surface area contributed by atoms with Crippen molar-refractivity contribution in [1.29, 1.82) is 0 Å². The number of aromatic nitrogens is 1. The molecule has 118 valence electrons. The van der Waals surface area contributed by atoms with E-state index in [1.165, 1.54) is 0 Å². The smallest absolute Gasteiger partial charge is 0.342 e. The molecule has 5 heteroatoms. The Balaban J connectivity index is 3.21. The molecule has 0 radical (unpaired) electrons. The largest absolute Gasteiger partial charge is 0.487 e. The lowest BCUT2D eigenvalue weighted by Gasteiger charge is -2.15. The van der Waals surface area contributed by atoms with Crippen molar-refractivity contribution >= 4 is 5.97 Å². The van der Waals surface area contributed by atoms with Gasteiger partial charge in [-0.05, 0) is 24.8 Å². The van der Waals surface area contributed by atoms with Crippen molar-refractivity contribution in [2.45, 2.75) is 41.2 Å². The minimum absolute atomic E-state index is 0.0882. The summed E-state index contributed by atoms with van der Waals surface area (Å²) < 4.78 is 12.1. The van der Waals surface area contributed by atoms with Gasteiger partial charge in [-0.2, -0.15) is 0 Å². The molecule has 0 unspecified atom stereocenters. The summed E-state index contributed by atoms with van der Waals surface area (Å²) in [6, 6.07) is 1.59. The molecule has 1 aromatic heterocycles. The van der Waals surface area contributed by atoms with Crippen LogP contribution in [0.25, 0.3) is 0 Å². The van der Waals surface area contributed by atoms with Crippen molar-refractivity contribution in [3.8, 4) is 5.75 Å². The minimum atomic E-state index is -0.523. The third-order valence-corrected chi connectivity index (χ3v) is 2.74. The normalized spacial score (nSPS) is 11.0. The van der Waals surface area contributed by atoms with Gasteiger partial charge in [0.25, 0.3) is 5.56 Å². The summed E-state index contributed by atoms with van der Waals surface area (Å²) in [7, 11) is 0. The number of carbonyl (C=O) groups is 1. The van der Waals surface area contributed by atoms with Gasteiger partial charge in [-0.3, -0.25) is 4.79 Å². The Hall–Kier alpha value is -1.78. The molecular weight excluding hydrogens is 270 g/mol. The van der Waals surface area contributed by atoms with Gasteiger partial charge in [0.2, 0.25) is 0 Å². The Kier molecular flexibility index (Phi) is 6.46. The zero-order valence-electron chi connectivity index (χ0n) is 13.5. The predicted octanol–water partition coefficient (Wildman–Crippen LogP) is 2.72. The molecule has 1 rings (SSSR count). The second-order valence-electron chi connectivity index (χ2n) is 5.84. The first-order chi connectivity index (χ1) is 9.86. The summed E-state index contributed by atoms with van der Waals surface area (Å²) in [5.74, 6) is 0.155. The maximum absolute atomic E-state index is 12.5. The van der Waals surface area contributed by atoms with Gasteiger partial charge in [-0.15, -0.1) is 0 Å². The molecule has 0 saturated heterocycles. The Morgan fingerprint density at radius 1 is 1.24 bits per heavy atom. The van der Waals surface area contributed by atoms with Crippen LogP contribution in [0.3, 0.4) is 0 Å². The summed E-state index contributed by atoms with van der Waals surface area (Å²) in [6.45, 7) is 11.0. The Morgan fingerprint density at radius 2 is 1.90 bits per heavy atom. The summed E-state index contributed by atoms with van der Waals surface area (Å²) in [6.07, 6.45) is 1.62. The lowest BCUT2D eigenvalue weighted by atomic mass is 10.2. The predicted molar refractivity (Wildman–Crippen MR) is 81.8 cm³/mol. The first-order valence-corrected chi connectivity index (χ1v) is 7.40. The molecule has 0 saturated carbocycles. The van der Waals surface area contributed by atoms with E-state index in [-0.39, 0.29) is 29.4 Å². The van der Waals surface area contributed by atoms with E-state index in [0.717, 1.165) is 0 Å². The number of hydrogen-bond acceptors (Lipinski definition) is 4. The Labute approximate surface area is 125 Å². The molecule has 0 aromatic carbocycles. The fourth-order valence-corrected chi connectivity index (χ4v) is 1.85. The minimum Gasteiger partial charge on any atom is -0.487 e. The first-order valence-electron chi connectivity index (χ1n) is 7.40. The highest BCUT2D eigenvalue weighted by Gasteiger charge is 2.19. The van der Waals surface area contributed by atoms with Crippen LogP contribution in [-0.4, -0.2) is 23.8 Å².